The number of hydrogen-bond acceptors (Lipinski definition) is 5. The summed E-state index contributed by atoms with van der Waals surface area (Å²) >= 11 is 0. The third-order valence-electron chi connectivity index (χ3n) is 8.07. The Balaban J connectivity index is 1.13. The number of likely N-dealkylation sites (tertiary alicyclic amines) is 2. The number of nitrogens with two attached hydrogens (primary N) is 1. The first-order valence-corrected chi connectivity index (χ1v) is 13.6. The molecule has 1 spiro atoms. The van der Waals surface area contributed by atoms with Crippen molar-refractivity contribution < 1.29 is 4.79 Å². The highest BCUT2D eigenvalue weighted by atomic mass is 16.2. The van der Waals surface area contributed by atoms with Gasteiger partial charge in [0, 0.05) is 37.6 Å². The van der Waals surface area contributed by atoms with Crippen molar-refractivity contribution >= 4 is 11.7 Å². The van der Waals surface area contributed by atoms with E-state index in [2.05, 4.69) is 63.1 Å². The lowest BCUT2D eigenvalue weighted by atomic mass is 9.77. The van der Waals surface area contributed by atoms with Gasteiger partial charge in [0.15, 0.2) is 0 Å². The van der Waals surface area contributed by atoms with E-state index in [-0.39, 0.29) is 24.8 Å². The van der Waals surface area contributed by atoms with E-state index in [1.54, 1.807) is 17.3 Å². The van der Waals surface area contributed by atoms with Gasteiger partial charge in [-0.2, -0.15) is 0 Å². The molecule has 1 aromatic heterocycles. The smallest absolute Gasteiger partial charge is 0.254 e. The summed E-state index contributed by atoms with van der Waals surface area (Å²) in [4.78, 5) is 27.1. The zero-order valence-corrected chi connectivity index (χ0v) is 22.3. The second-order valence-electron chi connectivity index (χ2n) is 11.1. The van der Waals surface area contributed by atoms with Crippen LogP contribution in [-0.4, -0.2) is 69.1 Å². The second kappa shape index (κ2) is 11.5. The first-order valence-electron chi connectivity index (χ1n) is 13.6. The summed E-state index contributed by atoms with van der Waals surface area (Å²) < 4.78 is 0. The molecule has 4 N–H and O–H groups in total. The number of aromatic nitrogens is 2. The maximum atomic E-state index is 13.1. The van der Waals surface area contributed by atoms with Crippen LogP contribution >= 0.6 is 0 Å². The fraction of sp³-hybridized carbons (Fsp3) is 0.433. The number of nitrogens with one attached hydrogen (secondary N) is 2. The lowest BCUT2D eigenvalue weighted by Crippen LogP contribution is -2.41. The number of amides is 1. The van der Waals surface area contributed by atoms with Crippen LogP contribution in [-0.2, 0) is 19.6 Å². The number of H-pyrrole nitrogens is 1. The van der Waals surface area contributed by atoms with E-state index < -0.39 is 0 Å². The molecule has 3 heterocycles. The minimum Gasteiger partial charge on any atom is -0.386 e. The predicted molar refractivity (Wildman–Crippen MR) is 150 cm³/mol. The Morgan fingerprint density at radius 3 is 2.42 bits per heavy atom. The van der Waals surface area contributed by atoms with Crippen LogP contribution in [0.3, 0.4) is 0 Å². The molecule has 0 saturated carbocycles. The van der Waals surface area contributed by atoms with E-state index >= 15 is 0 Å². The first kappa shape index (κ1) is 26.1. The summed E-state index contributed by atoms with van der Waals surface area (Å²) in [6.45, 7) is 9.12. The fourth-order valence-electron chi connectivity index (χ4n) is 5.99. The van der Waals surface area contributed by atoms with Gasteiger partial charge in [-0.15, -0.1) is 0 Å². The lowest BCUT2D eigenvalue weighted by Gasteiger charge is -2.39. The molecule has 0 bridgehead atoms. The molecule has 5 rings (SSSR count). The molecule has 2 aromatic carbocycles. The van der Waals surface area contributed by atoms with Crippen LogP contribution in [0.5, 0.6) is 0 Å². The van der Waals surface area contributed by atoms with E-state index in [0.717, 1.165) is 26.2 Å². The molecule has 1 amide bonds. The fourth-order valence-corrected chi connectivity index (χ4v) is 5.99. The molecule has 200 valence electrons. The van der Waals surface area contributed by atoms with E-state index in [9.17, 15) is 4.79 Å². The van der Waals surface area contributed by atoms with Gasteiger partial charge >= 0.3 is 0 Å². The van der Waals surface area contributed by atoms with E-state index in [4.69, 9.17) is 11.1 Å². The molecule has 0 aliphatic carbocycles. The number of aryl methyl sites for hydroxylation is 1. The Labute approximate surface area is 225 Å². The van der Waals surface area contributed by atoms with Crippen molar-refractivity contribution in [1.82, 2.24) is 24.7 Å². The molecule has 38 heavy (non-hydrogen) atoms. The third kappa shape index (κ3) is 6.49. The minimum atomic E-state index is -0.152. The number of rotatable bonds is 9. The predicted octanol–water partition coefficient (Wildman–Crippen LogP) is 3.78. The van der Waals surface area contributed by atoms with E-state index in [0.29, 0.717) is 16.8 Å². The monoisotopic (exact) mass is 513 g/mol. The molecule has 0 radical (unpaired) electrons. The van der Waals surface area contributed by atoms with Crippen molar-refractivity contribution in [3.8, 4) is 0 Å². The molecular weight excluding hydrogens is 474 g/mol. The van der Waals surface area contributed by atoms with Gasteiger partial charge < -0.3 is 15.6 Å². The quantitative estimate of drug-likeness (QED) is 0.298. The average Bonchev–Trinajstić information content (AvgIpc) is 3.55. The lowest BCUT2D eigenvalue weighted by molar-refractivity contribution is 0.0764. The van der Waals surface area contributed by atoms with Gasteiger partial charge in [0.05, 0.1) is 13.1 Å². The zero-order valence-electron chi connectivity index (χ0n) is 22.3. The van der Waals surface area contributed by atoms with E-state index in [1.165, 1.54) is 49.0 Å². The highest BCUT2D eigenvalue weighted by Crippen LogP contribution is 2.41. The molecule has 3 aromatic rings. The number of imidazole rings is 1. The summed E-state index contributed by atoms with van der Waals surface area (Å²) in [6, 6.07) is 16.8. The summed E-state index contributed by atoms with van der Waals surface area (Å²) in [6.07, 6.45) is 7.18. The van der Waals surface area contributed by atoms with Crippen molar-refractivity contribution in [2.75, 3.05) is 32.7 Å². The van der Waals surface area contributed by atoms with Crippen molar-refractivity contribution in [2.24, 2.45) is 11.1 Å². The highest BCUT2D eigenvalue weighted by molar-refractivity contribution is 5.96. The number of piperidine rings is 1. The van der Waals surface area contributed by atoms with Crippen LogP contribution in [0.1, 0.15) is 52.1 Å². The average molecular weight is 514 g/mol. The molecule has 2 saturated heterocycles. The topological polar surface area (TPSA) is 105 Å². The number of benzene rings is 2. The van der Waals surface area contributed by atoms with Crippen LogP contribution in [0, 0.1) is 17.7 Å². The minimum absolute atomic E-state index is 0.0505. The third-order valence-corrected chi connectivity index (χ3v) is 8.07. The van der Waals surface area contributed by atoms with Crippen molar-refractivity contribution in [2.45, 2.75) is 45.8 Å². The Bertz CT molecular complexity index is 1230. The Morgan fingerprint density at radius 1 is 1.05 bits per heavy atom. The Morgan fingerprint density at radius 2 is 1.76 bits per heavy atom. The summed E-state index contributed by atoms with van der Waals surface area (Å²) in [5.74, 6) is 0.464. The molecule has 2 aliphatic rings. The summed E-state index contributed by atoms with van der Waals surface area (Å²) in [7, 11) is 0. The van der Waals surface area contributed by atoms with Crippen LogP contribution in [0.25, 0.3) is 0 Å². The molecule has 2 aliphatic heterocycles. The van der Waals surface area contributed by atoms with Gasteiger partial charge in [-0.1, -0.05) is 42.0 Å². The first-order chi connectivity index (χ1) is 18.4. The van der Waals surface area contributed by atoms with Gasteiger partial charge in [0.25, 0.3) is 5.91 Å². The van der Waals surface area contributed by atoms with E-state index in [1.807, 2.05) is 12.1 Å². The van der Waals surface area contributed by atoms with Gasteiger partial charge in [0.1, 0.15) is 11.7 Å². The number of amidine groups is 1. The number of carbonyl (C=O) groups excluding carboxylic acids is 1. The molecular formula is C30H39N7O. The van der Waals surface area contributed by atoms with Crippen LogP contribution in [0.4, 0.5) is 0 Å². The van der Waals surface area contributed by atoms with Gasteiger partial charge in [-0.3, -0.25) is 20.0 Å². The molecule has 2 fully saturated rings. The van der Waals surface area contributed by atoms with Crippen molar-refractivity contribution in [3.63, 3.8) is 0 Å². The molecule has 8 nitrogen and oxygen atoms in total. The maximum absolute atomic E-state index is 13.1. The number of carbonyl (C=O) groups is 1. The normalized spacial score (nSPS) is 17.6. The summed E-state index contributed by atoms with van der Waals surface area (Å²) in [5.41, 5.74) is 10.6. The van der Waals surface area contributed by atoms with Crippen LogP contribution < -0.4 is 5.73 Å². The van der Waals surface area contributed by atoms with Gasteiger partial charge in [-0.25, -0.2) is 4.98 Å². The highest BCUT2D eigenvalue weighted by Gasteiger charge is 2.40. The second-order valence-corrected chi connectivity index (χ2v) is 11.1. The standard InChI is InChI=1S/C30H39N7O/c1-23-3-2-4-25(17-23)19-35-14-9-30(10-15-35)11-16-36(22-30)18-24-5-7-26(8-6-24)29(38)37(20-27(31)32)21-28-33-12-13-34-28/h2-8,12-13,17H,9-11,14-16,18-22H2,1H3,(H3,31,32)(H,33,34). The maximum Gasteiger partial charge on any atom is 0.254 e. The number of aromatic amines is 1. The number of hydrogen-bond donors (Lipinski definition) is 3. The summed E-state index contributed by atoms with van der Waals surface area (Å²) in [5, 5.41) is 7.67. The Kier molecular flexibility index (Phi) is 7.90. The number of nitrogens with zero attached hydrogens (tertiary/aromatic N) is 4. The van der Waals surface area contributed by atoms with Crippen LogP contribution in [0.2, 0.25) is 0 Å². The molecule has 0 unspecified atom stereocenters. The van der Waals surface area contributed by atoms with Crippen LogP contribution in [0.15, 0.2) is 60.9 Å². The SMILES string of the molecule is Cc1cccc(CN2CCC3(CC2)CCN(Cc2ccc(C(=O)N(CC(=N)N)Cc4ncc[nH]4)cc2)C3)c1. The molecule has 0 atom stereocenters. The zero-order chi connectivity index (χ0) is 26.5. The molecule has 8 heteroatoms. The largest absolute Gasteiger partial charge is 0.386 e. The van der Waals surface area contributed by atoms with Gasteiger partial charge in [-0.05, 0) is 74.5 Å². The van der Waals surface area contributed by atoms with Crippen molar-refractivity contribution in [3.05, 3.63) is 89.0 Å². The van der Waals surface area contributed by atoms with Crippen molar-refractivity contribution in [1.29, 1.82) is 5.41 Å². The Hall–Kier alpha value is -3.49. The van der Waals surface area contributed by atoms with Gasteiger partial charge in [0.2, 0.25) is 0 Å².